The van der Waals surface area contributed by atoms with Gasteiger partial charge in [-0.05, 0) is 44.0 Å². The van der Waals surface area contributed by atoms with Gasteiger partial charge in [0.1, 0.15) is 6.23 Å². The average molecular weight is 287 g/mol. The van der Waals surface area contributed by atoms with E-state index in [0.29, 0.717) is 0 Å². The molecule has 1 unspecified atom stereocenters. The Balaban J connectivity index is 2.62. The van der Waals surface area contributed by atoms with Crippen LogP contribution in [0.15, 0.2) is 36.4 Å². The molecule has 21 heavy (non-hydrogen) atoms. The molecule has 3 heteroatoms. The van der Waals surface area contributed by atoms with Gasteiger partial charge < -0.3 is 10.2 Å². The van der Waals surface area contributed by atoms with Crippen molar-refractivity contribution in [2.24, 2.45) is 0 Å². The van der Waals surface area contributed by atoms with E-state index < -0.39 is 6.23 Å². The average Bonchev–Trinajstić information content (AvgIpc) is 2.45. The molecule has 0 aliphatic rings. The number of hydrogen-bond donors (Lipinski definition) is 2. The lowest BCUT2D eigenvalue weighted by Gasteiger charge is -2.36. The van der Waals surface area contributed by atoms with Crippen molar-refractivity contribution in [3.05, 3.63) is 47.5 Å². The van der Waals surface area contributed by atoms with Crippen LogP contribution in [-0.2, 0) is 6.61 Å². The summed E-state index contributed by atoms with van der Waals surface area (Å²) >= 11 is 0. The lowest BCUT2D eigenvalue weighted by Crippen LogP contribution is -2.40. The summed E-state index contributed by atoms with van der Waals surface area (Å²) in [4.78, 5) is 2.06. The van der Waals surface area contributed by atoms with Crippen LogP contribution in [0.5, 0.6) is 0 Å². The van der Waals surface area contributed by atoms with Gasteiger partial charge in [-0.25, -0.2) is 0 Å². The third kappa shape index (κ3) is 3.10. The molecule has 2 aromatic carbocycles. The number of hydrogen-bond acceptors (Lipinski definition) is 3. The van der Waals surface area contributed by atoms with E-state index in [2.05, 4.69) is 32.6 Å². The zero-order chi connectivity index (χ0) is 15.6. The summed E-state index contributed by atoms with van der Waals surface area (Å²) in [6.07, 6.45) is -0.724. The number of nitrogens with zero attached hydrogens (tertiary/aromatic N) is 1. The molecule has 0 radical (unpaired) electrons. The zero-order valence-electron chi connectivity index (χ0n) is 13.2. The Bertz CT molecular complexity index is 599. The topological polar surface area (TPSA) is 43.7 Å². The highest BCUT2D eigenvalue weighted by Crippen LogP contribution is 2.32. The molecule has 2 rings (SSSR count). The van der Waals surface area contributed by atoms with Crippen LogP contribution in [0, 0.1) is 0 Å². The van der Waals surface area contributed by atoms with E-state index in [4.69, 9.17) is 0 Å². The molecule has 0 aliphatic heterocycles. The van der Waals surface area contributed by atoms with Gasteiger partial charge in [0.2, 0.25) is 0 Å². The minimum atomic E-state index is -0.724. The van der Waals surface area contributed by atoms with E-state index >= 15 is 0 Å². The van der Waals surface area contributed by atoms with Gasteiger partial charge >= 0.3 is 0 Å². The molecular weight excluding hydrogens is 262 g/mol. The van der Waals surface area contributed by atoms with Crippen LogP contribution in [0.4, 0.5) is 0 Å². The van der Waals surface area contributed by atoms with Gasteiger partial charge in [-0.1, -0.05) is 36.4 Å². The Kier molecular flexibility index (Phi) is 4.99. The highest BCUT2D eigenvalue weighted by atomic mass is 16.3. The van der Waals surface area contributed by atoms with Crippen molar-refractivity contribution in [2.45, 2.75) is 52.6 Å². The fraction of sp³-hybridized carbons (Fsp3) is 0.444. The third-order valence-corrected chi connectivity index (χ3v) is 3.96. The summed E-state index contributed by atoms with van der Waals surface area (Å²) in [6, 6.07) is 12.3. The summed E-state index contributed by atoms with van der Waals surface area (Å²) in [5.41, 5.74) is 1.60. The van der Waals surface area contributed by atoms with E-state index in [0.717, 1.165) is 21.9 Å². The first-order valence-corrected chi connectivity index (χ1v) is 7.54. The first-order valence-electron chi connectivity index (χ1n) is 7.54. The molecule has 2 aromatic rings. The molecule has 0 saturated carbocycles. The molecule has 0 aliphatic carbocycles. The van der Waals surface area contributed by atoms with Crippen molar-refractivity contribution in [2.75, 3.05) is 0 Å². The summed E-state index contributed by atoms with van der Waals surface area (Å²) in [7, 11) is 0. The highest BCUT2D eigenvalue weighted by molar-refractivity contribution is 5.87. The number of aliphatic hydroxyl groups excluding tert-OH is 2. The van der Waals surface area contributed by atoms with Crippen LogP contribution in [0.25, 0.3) is 10.8 Å². The largest absolute Gasteiger partial charge is 0.392 e. The Morgan fingerprint density at radius 1 is 0.952 bits per heavy atom. The Labute approximate surface area is 126 Å². The van der Waals surface area contributed by atoms with Crippen LogP contribution < -0.4 is 0 Å². The predicted octanol–water partition coefficient (Wildman–Crippen LogP) is 3.44. The van der Waals surface area contributed by atoms with Gasteiger partial charge in [-0.15, -0.1) is 0 Å². The first kappa shape index (κ1) is 16.0. The number of aliphatic hydroxyl groups is 2. The zero-order valence-corrected chi connectivity index (χ0v) is 13.2. The molecule has 0 saturated heterocycles. The molecule has 0 amide bonds. The van der Waals surface area contributed by atoms with Crippen molar-refractivity contribution in [3.63, 3.8) is 0 Å². The van der Waals surface area contributed by atoms with Crippen LogP contribution in [0.1, 0.15) is 45.0 Å². The quantitative estimate of drug-likeness (QED) is 0.828. The standard InChI is InChI=1S/C18H25NO2/c1-12(2)19(13(3)4)18(21)17-15(11-20)10-9-14-7-5-6-8-16(14)17/h5-10,12-13,18,20-21H,11H2,1-4H3. The van der Waals surface area contributed by atoms with E-state index in [9.17, 15) is 10.2 Å². The Morgan fingerprint density at radius 2 is 1.57 bits per heavy atom. The van der Waals surface area contributed by atoms with Crippen LogP contribution in [0.3, 0.4) is 0 Å². The molecule has 0 spiro atoms. The number of fused-ring (bicyclic) bond motifs is 1. The van der Waals surface area contributed by atoms with Crippen molar-refractivity contribution < 1.29 is 10.2 Å². The lowest BCUT2D eigenvalue weighted by atomic mass is 9.96. The molecule has 114 valence electrons. The van der Waals surface area contributed by atoms with Gasteiger partial charge in [-0.3, -0.25) is 4.90 Å². The van der Waals surface area contributed by atoms with Crippen LogP contribution in [0.2, 0.25) is 0 Å². The SMILES string of the molecule is CC(C)N(C(C)C)C(O)c1c(CO)ccc2ccccc12. The van der Waals surface area contributed by atoms with Gasteiger partial charge in [0.15, 0.2) is 0 Å². The maximum absolute atomic E-state index is 10.9. The van der Waals surface area contributed by atoms with Crippen molar-refractivity contribution in [1.82, 2.24) is 4.90 Å². The van der Waals surface area contributed by atoms with Crippen molar-refractivity contribution in [3.8, 4) is 0 Å². The summed E-state index contributed by atoms with van der Waals surface area (Å²) in [5.74, 6) is 0. The van der Waals surface area contributed by atoms with Gasteiger partial charge in [0, 0.05) is 17.6 Å². The Hall–Kier alpha value is -1.42. The van der Waals surface area contributed by atoms with E-state index in [1.165, 1.54) is 0 Å². The van der Waals surface area contributed by atoms with Gasteiger partial charge in [0.25, 0.3) is 0 Å². The number of rotatable bonds is 5. The van der Waals surface area contributed by atoms with Crippen LogP contribution in [-0.4, -0.2) is 27.2 Å². The molecule has 0 aromatic heterocycles. The van der Waals surface area contributed by atoms with E-state index in [1.807, 2.05) is 36.4 Å². The molecule has 0 bridgehead atoms. The van der Waals surface area contributed by atoms with Crippen LogP contribution >= 0.6 is 0 Å². The Morgan fingerprint density at radius 3 is 2.14 bits per heavy atom. The summed E-state index contributed by atoms with van der Waals surface area (Å²) in [6.45, 7) is 8.24. The molecule has 3 nitrogen and oxygen atoms in total. The minimum absolute atomic E-state index is 0.0682. The molecular formula is C18H25NO2. The van der Waals surface area contributed by atoms with E-state index in [-0.39, 0.29) is 18.7 Å². The minimum Gasteiger partial charge on any atom is -0.392 e. The lowest BCUT2D eigenvalue weighted by molar-refractivity contribution is -0.0395. The predicted molar refractivity (Wildman–Crippen MR) is 86.9 cm³/mol. The van der Waals surface area contributed by atoms with E-state index in [1.54, 1.807) is 0 Å². The normalized spacial score (nSPS) is 13.6. The second kappa shape index (κ2) is 6.56. The van der Waals surface area contributed by atoms with Gasteiger partial charge in [-0.2, -0.15) is 0 Å². The first-order chi connectivity index (χ1) is 9.97. The molecule has 2 N–H and O–H groups in total. The molecule has 1 atom stereocenters. The number of benzene rings is 2. The summed E-state index contributed by atoms with van der Waals surface area (Å²) in [5, 5.41) is 22.7. The second-order valence-electron chi connectivity index (χ2n) is 6.03. The molecule has 0 fully saturated rings. The van der Waals surface area contributed by atoms with Crippen molar-refractivity contribution >= 4 is 10.8 Å². The maximum atomic E-state index is 10.9. The summed E-state index contributed by atoms with van der Waals surface area (Å²) < 4.78 is 0. The molecule has 0 heterocycles. The maximum Gasteiger partial charge on any atom is 0.134 e. The second-order valence-corrected chi connectivity index (χ2v) is 6.03. The fourth-order valence-corrected chi connectivity index (χ4v) is 3.09. The van der Waals surface area contributed by atoms with Gasteiger partial charge in [0.05, 0.1) is 6.61 Å². The smallest absolute Gasteiger partial charge is 0.134 e. The fourth-order valence-electron chi connectivity index (χ4n) is 3.09. The highest BCUT2D eigenvalue weighted by Gasteiger charge is 2.26. The van der Waals surface area contributed by atoms with Crippen molar-refractivity contribution in [1.29, 1.82) is 0 Å². The third-order valence-electron chi connectivity index (χ3n) is 3.96. The monoisotopic (exact) mass is 287 g/mol.